The van der Waals surface area contributed by atoms with Gasteiger partial charge in [-0.05, 0) is 44.0 Å². The normalized spacial score (nSPS) is 26.3. The van der Waals surface area contributed by atoms with Crippen molar-refractivity contribution in [2.45, 2.75) is 37.8 Å². The Kier molecular flexibility index (Phi) is 3.50. The summed E-state index contributed by atoms with van der Waals surface area (Å²) in [5, 5.41) is 0. The smallest absolute Gasteiger partial charge is 0.175 e. The molecular weight excluding hydrogens is 260 g/mol. The highest BCUT2D eigenvalue weighted by molar-refractivity contribution is 5.70. The highest BCUT2D eigenvalue weighted by atomic mass is 19.1. The number of rotatable bonds is 2. The first kappa shape index (κ1) is 13.6. The van der Waals surface area contributed by atoms with Crippen molar-refractivity contribution >= 4 is 5.57 Å². The lowest BCUT2D eigenvalue weighted by Crippen LogP contribution is -2.45. The molecule has 0 saturated carbocycles. The molecule has 0 amide bonds. The number of halogens is 2. The van der Waals surface area contributed by atoms with Crippen LogP contribution in [0.1, 0.15) is 31.2 Å². The van der Waals surface area contributed by atoms with E-state index < -0.39 is 11.6 Å². The second kappa shape index (κ2) is 5.17. The maximum Gasteiger partial charge on any atom is 0.175 e. The summed E-state index contributed by atoms with van der Waals surface area (Å²) < 4.78 is 33.4. The summed E-state index contributed by atoms with van der Waals surface area (Å²) >= 11 is 0. The standard InChI is InChI=1S/C16H19F2NO/c1-19-11-4-3-5-12(19)9-10(8-11)15-13(17)6-7-14(20-2)16(15)18/h6-8,11-12H,3-5,9H2,1-2H3. The van der Waals surface area contributed by atoms with Crippen molar-refractivity contribution in [1.29, 1.82) is 0 Å². The Balaban J connectivity index is 2.05. The number of piperidine rings is 1. The highest BCUT2D eigenvalue weighted by Gasteiger charge is 2.33. The van der Waals surface area contributed by atoms with E-state index >= 15 is 0 Å². The van der Waals surface area contributed by atoms with Gasteiger partial charge in [0.1, 0.15) is 5.82 Å². The van der Waals surface area contributed by atoms with Crippen LogP contribution < -0.4 is 4.74 Å². The zero-order valence-corrected chi connectivity index (χ0v) is 11.8. The SMILES string of the molecule is COc1ccc(F)c(C2=CC3CCCC(C2)N3C)c1F. The van der Waals surface area contributed by atoms with Crippen LogP contribution in [0, 0.1) is 11.6 Å². The summed E-state index contributed by atoms with van der Waals surface area (Å²) in [6.07, 6.45) is 6.07. The quantitative estimate of drug-likeness (QED) is 0.820. The zero-order chi connectivity index (χ0) is 14.3. The summed E-state index contributed by atoms with van der Waals surface area (Å²) in [7, 11) is 3.50. The molecule has 1 fully saturated rings. The summed E-state index contributed by atoms with van der Waals surface area (Å²) in [4.78, 5) is 2.32. The summed E-state index contributed by atoms with van der Waals surface area (Å²) in [5.74, 6) is -0.982. The molecule has 1 aromatic carbocycles. The second-order valence-corrected chi connectivity index (χ2v) is 5.65. The van der Waals surface area contributed by atoms with Crippen molar-refractivity contribution in [2.24, 2.45) is 0 Å². The van der Waals surface area contributed by atoms with Crippen molar-refractivity contribution in [3.05, 3.63) is 35.4 Å². The van der Waals surface area contributed by atoms with Crippen molar-refractivity contribution in [3.63, 3.8) is 0 Å². The third-order valence-corrected chi connectivity index (χ3v) is 4.58. The Morgan fingerprint density at radius 2 is 2.05 bits per heavy atom. The lowest BCUT2D eigenvalue weighted by Gasteiger charge is -2.42. The average Bonchev–Trinajstić information content (AvgIpc) is 2.40. The van der Waals surface area contributed by atoms with E-state index in [2.05, 4.69) is 11.9 Å². The van der Waals surface area contributed by atoms with E-state index in [0.717, 1.165) is 18.4 Å². The molecule has 108 valence electrons. The van der Waals surface area contributed by atoms with E-state index in [9.17, 15) is 8.78 Å². The van der Waals surface area contributed by atoms with Gasteiger partial charge in [0.05, 0.1) is 12.7 Å². The third kappa shape index (κ3) is 2.12. The number of hydrogen-bond donors (Lipinski definition) is 0. The number of likely N-dealkylation sites (N-methyl/N-ethyl adjacent to an activating group) is 1. The van der Waals surface area contributed by atoms with Crippen molar-refractivity contribution < 1.29 is 13.5 Å². The monoisotopic (exact) mass is 279 g/mol. The maximum absolute atomic E-state index is 14.4. The molecule has 2 heterocycles. The number of benzene rings is 1. The van der Waals surface area contributed by atoms with Crippen LogP contribution in [0.3, 0.4) is 0 Å². The van der Waals surface area contributed by atoms with E-state index in [-0.39, 0.29) is 11.3 Å². The van der Waals surface area contributed by atoms with Crippen molar-refractivity contribution in [2.75, 3.05) is 14.2 Å². The Hall–Kier alpha value is -1.42. The molecule has 0 aliphatic carbocycles. The van der Waals surface area contributed by atoms with Gasteiger partial charge in [-0.1, -0.05) is 12.5 Å². The maximum atomic E-state index is 14.4. The van der Waals surface area contributed by atoms with Gasteiger partial charge < -0.3 is 4.74 Å². The first-order valence-electron chi connectivity index (χ1n) is 7.06. The number of methoxy groups -OCH3 is 1. The van der Waals surface area contributed by atoms with Gasteiger partial charge in [-0.25, -0.2) is 8.78 Å². The van der Waals surface area contributed by atoms with Crippen LogP contribution >= 0.6 is 0 Å². The summed E-state index contributed by atoms with van der Waals surface area (Å²) in [5.41, 5.74) is 0.876. The molecule has 0 aromatic heterocycles. The predicted octanol–water partition coefficient (Wildman–Crippen LogP) is 3.61. The average molecular weight is 279 g/mol. The van der Waals surface area contributed by atoms with Gasteiger partial charge >= 0.3 is 0 Å². The molecule has 2 atom stereocenters. The fraction of sp³-hybridized carbons (Fsp3) is 0.500. The van der Waals surface area contributed by atoms with Gasteiger partial charge in [0, 0.05) is 12.1 Å². The zero-order valence-electron chi connectivity index (χ0n) is 11.8. The molecule has 0 spiro atoms. The summed E-state index contributed by atoms with van der Waals surface area (Å²) in [6, 6.07) is 3.30. The number of nitrogens with zero attached hydrogens (tertiary/aromatic N) is 1. The molecule has 2 aliphatic heterocycles. The first-order valence-corrected chi connectivity index (χ1v) is 7.06. The minimum absolute atomic E-state index is 0.0920. The molecule has 1 aromatic rings. The van der Waals surface area contributed by atoms with Gasteiger partial charge in [-0.3, -0.25) is 4.90 Å². The molecule has 2 nitrogen and oxygen atoms in total. The molecule has 2 unspecified atom stereocenters. The molecule has 1 saturated heterocycles. The minimum Gasteiger partial charge on any atom is -0.494 e. The van der Waals surface area contributed by atoms with Gasteiger partial charge in [0.15, 0.2) is 11.6 Å². The van der Waals surface area contributed by atoms with Gasteiger partial charge in [0.25, 0.3) is 0 Å². The minimum atomic E-state index is -0.582. The number of ether oxygens (including phenoxy) is 1. The number of hydrogen-bond acceptors (Lipinski definition) is 2. The largest absolute Gasteiger partial charge is 0.494 e. The van der Waals surface area contributed by atoms with Crippen molar-refractivity contribution in [3.8, 4) is 5.75 Å². The lowest BCUT2D eigenvalue weighted by atomic mass is 9.83. The van der Waals surface area contributed by atoms with E-state index in [1.54, 1.807) is 0 Å². The van der Waals surface area contributed by atoms with Gasteiger partial charge in [-0.2, -0.15) is 0 Å². The van der Waals surface area contributed by atoms with E-state index in [1.165, 1.54) is 25.7 Å². The fourth-order valence-corrected chi connectivity index (χ4v) is 3.41. The molecule has 20 heavy (non-hydrogen) atoms. The highest BCUT2D eigenvalue weighted by Crippen LogP contribution is 2.39. The van der Waals surface area contributed by atoms with Crippen LogP contribution in [0.15, 0.2) is 18.2 Å². The first-order chi connectivity index (χ1) is 9.61. The lowest BCUT2D eigenvalue weighted by molar-refractivity contribution is 0.137. The molecule has 0 radical (unpaired) electrons. The Bertz CT molecular complexity index is 556. The van der Waals surface area contributed by atoms with E-state index in [0.29, 0.717) is 18.5 Å². The Labute approximate surface area is 118 Å². The van der Waals surface area contributed by atoms with Crippen LogP contribution in [-0.2, 0) is 0 Å². The number of fused-ring (bicyclic) bond motifs is 2. The van der Waals surface area contributed by atoms with Crippen LogP contribution in [0.2, 0.25) is 0 Å². The third-order valence-electron chi connectivity index (χ3n) is 4.58. The van der Waals surface area contributed by atoms with Crippen LogP contribution in [-0.4, -0.2) is 31.1 Å². The van der Waals surface area contributed by atoms with Gasteiger partial charge in [0.2, 0.25) is 0 Å². The van der Waals surface area contributed by atoms with Crippen LogP contribution in [0.4, 0.5) is 8.78 Å². The molecule has 2 aliphatic rings. The molecular formula is C16H19F2NO. The summed E-state index contributed by atoms with van der Waals surface area (Å²) in [6.45, 7) is 0. The molecule has 3 rings (SSSR count). The Morgan fingerprint density at radius 1 is 1.25 bits per heavy atom. The molecule has 0 N–H and O–H groups in total. The second-order valence-electron chi connectivity index (χ2n) is 5.65. The Morgan fingerprint density at radius 3 is 2.75 bits per heavy atom. The molecule has 2 bridgehead atoms. The van der Waals surface area contributed by atoms with Gasteiger partial charge in [-0.15, -0.1) is 0 Å². The van der Waals surface area contributed by atoms with Crippen LogP contribution in [0.25, 0.3) is 5.57 Å². The van der Waals surface area contributed by atoms with Crippen molar-refractivity contribution in [1.82, 2.24) is 4.90 Å². The fourth-order valence-electron chi connectivity index (χ4n) is 3.41. The van der Waals surface area contributed by atoms with E-state index in [4.69, 9.17) is 4.74 Å². The predicted molar refractivity (Wildman–Crippen MR) is 74.7 cm³/mol. The topological polar surface area (TPSA) is 12.5 Å². The van der Waals surface area contributed by atoms with E-state index in [1.807, 2.05) is 6.08 Å². The molecule has 4 heteroatoms. The van der Waals surface area contributed by atoms with Crippen LogP contribution in [0.5, 0.6) is 5.75 Å².